The van der Waals surface area contributed by atoms with Crippen LogP contribution in [0.4, 0.5) is 0 Å². The molecule has 7 heteroatoms. The molecular formula is C21H26BrN3O3. The molecular weight excluding hydrogens is 422 g/mol. The van der Waals surface area contributed by atoms with Crippen molar-refractivity contribution in [3.8, 4) is 5.75 Å². The number of nitrogens with zero attached hydrogens (tertiary/aromatic N) is 1. The SMILES string of the molecule is COc1ccc(Br)cc1CNC(=O)[C@H]1CCCN(C(=O)c2[nH]c(C)cc2C)C1. The molecule has 2 heterocycles. The lowest BCUT2D eigenvalue weighted by Crippen LogP contribution is -2.45. The molecule has 0 aliphatic carbocycles. The Bertz CT molecular complexity index is 878. The normalized spacial score (nSPS) is 16.7. The third-order valence-corrected chi connectivity index (χ3v) is 5.63. The largest absolute Gasteiger partial charge is 0.496 e. The van der Waals surface area contributed by atoms with Crippen LogP contribution in [-0.4, -0.2) is 41.9 Å². The minimum Gasteiger partial charge on any atom is -0.496 e. The topological polar surface area (TPSA) is 74.4 Å². The summed E-state index contributed by atoms with van der Waals surface area (Å²) in [6, 6.07) is 7.67. The van der Waals surface area contributed by atoms with Crippen LogP contribution in [0.1, 0.15) is 40.2 Å². The zero-order valence-electron chi connectivity index (χ0n) is 16.5. The van der Waals surface area contributed by atoms with Crippen LogP contribution in [0.3, 0.4) is 0 Å². The first kappa shape index (κ1) is 20.5. The van der Waals surface area contributed by atoms with E-state index in [9.17, 15) is 9.59 Å². The van der Waals surface area contributed by atoms with Crippen LogP contribution in [0.25, 0.3) is 0 Å². The Kier molecular flexibility index (Phi) is 6.44. The van der Waals surface area contributed by atoms with Crippen LogP contribution in [0, 0.1) is 19.8 Å². The second kappa shape index (κ2) is 8.82. The maximum atomic E-state index is 12.8. The lowest BCUT2D eigenvalue weighted by molar-refractivity contribution is -0.126. The van der Waals surface area contributed by atoms with E-state index in [0.29, 0.717) is 25.3 Å². The Morgan fingerprint density at radius 1 is 1.32 bits per heavy atom. The number of nitrogens with one attached hydrogen (secondary N) is 2. The number of likely N-dealkylation sites (tertiary alicyclic amines) is 1. The molecule has 28 heavy (non-hydrogen) atoms. The van der Waals surface area contributed by atoms with Gasteiger partial charge in [-0.25, -0.2) is 0 Å². The van der Waals surface area contributed by atoms with Crippen molar-refractivity contribution in [3.63, 3.8) is 0 Å². The number of aromatic amines is 1. The molecule has 3 rings (SSSR count). The van der Waals surface area contributed by atoms with Gasteiger partial charge in [0, 0.05) is 35.4 Å². The predicted molar refractivity (Wildman–Crippen MR) is 111 cm³/mol. The van der Waals surface area contributed by atoms with E-state index >= 15 is 0 Å². The lowest BCUT2D eigenvalue weighted by Gasteiger charge is -2.32. The number of halogens is 1. The minimum absolute atomic E-state index is 0.0288. The van der Waals surface area contributed by atoms with E-state index in [1.807, 2.05) is 38.1 Å². The average molecular weight is 448 g/mol. The van der Waals surface area contributed by atoms with Gasteiger partial charge in [0.2, 0.25) is 5.91 Å². The second-order valence-corrected chi connectivity index (χ2v) is 8.19. The Morgan fingerprint density at radius 3 is 2.79 bits per heavy atom. The number of benzene rings is 1. The van der Waals surface area contributed by atoms with Crippen LogP contribution < -0.4 is 10.1 Å². The number of rotatable bonds is 5. The first-order chi connectivity index (χ1) is 13.4. The van der Waals surface area contributed by atoms with Gasteiger partial charge in [0.25, 0.3) is 5.91 Å². The number of aromatic nitrogens is 1. The van der Waals surface area contributed by atoms with Crippen LogP contribution in [0.15, 0.2) is 28.7 Å². The Morgan fingerprint density at radius 2 is 2.11 bits per heavy atom. The maximum absolute atomic E-state index is 12.8. The molecule has 1 aliphatic rings. The number of methoxy groups -OCH3 is 1. The molecule has 1 aliphatic heterocycles. The third-order valence-electron chi connectivity index (χ3n) is 5.14. The van der Waals surface area contributed by atoms with E-state index in [1.54, 1.807) is 12.0 Å². The fourth-order valence-corrected chi connectivity index (χ4v) is 4.11. The van der Waals surface area contributed by atoms with E-state index in [0.717, 1.165) is 39.9 Å². The molecule has 2 N–H and O–H groups in total. The number of H-pyrrole nitrogens is 1. The first-order valence-electron chi connectivity index (χ1n) is 9.44. The zero-order valence-corrected chi connectivity index (χ0v) is 18.1. The molecule has 1 aromatic carbocycles. The van der Waals surface area contributed by atoms with Gasteiger partial charge in [-0.2, -0.15) is 0 Å². The van der Waals surface area contributed by atoms with E-state index in [2.05, 4.69) is 26.2 Å². The van der Waals surface area contributed by atoms with Gasteiger partial charge < -0.3 is 19.9 Å². The van der Waals surface area contributed by atoms with Crippen LogP contribution in [0.5, 0.6) is 5.75 Å². The molecule has 1 saturated heterocycles. The molecule has 0 saturated carbocycles. The van der Waals surface area contributed by atoms with Crippen molar-refractivity contribution in [3.05, 3.63) is 51.3 Å². The summed E-state index contributed by atoms with van der Waals surface area (Å²) >= 11 is 3.45. The van der Waals surface area contributed by atoms with Gasteiger partial charge >= 0.3 is 0 Å². The van der Waals surface area contributed by atoms with E-state index in [-0.39, 0.29) is 17.7 Å². The van der Waals surface area contributed by atoms with Gasteiger partial charge in [-0.1, -0.05) is 15.9 Å². The number of hydrogen-bond acceptors (Lipinski definition) is 3. The molecule has 2 amide bonds. The summed E-state index contributed by atoms with van der Waals surface area (Å²) in [6.07, 6.45) is 1.61. The molecule has 1 aromatic heterocycles. The summed E-state index contributed by atoms with van der Waals surface area (Å²) in [4.78, 5) is 30.5. The number of carbonyl (C=O) groups excluding carboxylic acids is 2. The van der Waals surface area contributed by atoms with Crippen LogP contribution in [0.2, 0.25) is 0 Å². The number of carbonyl (C=O) groups is 2. The fourth-order valence-electron chi connectivity index (χ4n) is 3.70. The van der Waals surface area contributed by atoms with E-state index < -0.39 is 0 Å². The molecule has 1 atom stereocenters. The molecule has 0 radical (unpaired) electrons. The van der Waals surface area contributed by atoms with Gasteiger partial charge in [0.15, 0.2) is 0 Å². The highest BCUT2D eigenvalue weighted by atomic mass is 79.9. The molecule has 0 spiro atoms. The highest BCUT2D eigenvalue weighted by Gasteiger charge is 2.30. The Balaban J connectivity index is 1.62. The fraction of sp³-hybridized carbons (Fsp3) is 0.429. The standard InChI is InChI=1S/C21H26BrN3O3/c1-13-9-14(2)24-19(13)21(27)25-8-4-5-15(12-25)20(26)23-11-16-10-17(22)6-7-18(16)28-3/h6-7,9-10,15,24H,4-5,8,11-12H2,1-3H3,(H,23,26)/t15-/m0/s1. The molecule has 2 aromatic rings. The highest BCUT2D eigenvalue weighted by Crippen LogP contribution is 2.24. The zero-order chi connectivity index (χ0) is 20.3. The van der Waals surface area contributed by atoms with Crippen LogP contribution >= 0.6 is 15.9 Å². The highest BCUT2D eigenvalue weighted by molar-refractivity contribution is 9.10. The van der Waals surface area contributed by atoms with Crippen molar-refractivity contribution in [1.29, 1.82) is 0 Å². The summed E-state index contributed by atoms with van der Waals surface area (Å²) in [5.41, 5.74) is 3.44. The van der Waals surface area contributed by atoms with Gasteiger partial charge in [-0.3, -0.25) is 9.59 Å². The molecule has 1 fully saturated rings. The summed E-state index contributed by atoms with van der Waals surface area (Å²) in [6.45, 7) is 5.38. The number of amides is 2. The maximum Gasteiger partial charge on any atom is 0.270 e. The molecule has 150 valence electrons. The van der Waals surface area contributed by atoms with Crippen molar-refractivity contribution in [2.75, 3.05) is 20.2 Å². The average Bonchev–Trinajstić information content (AvgIpc) is 3.03. The summed E-state index contributed by atoms with van der Waals surface area (Å²) in [5.74, 6) is 0.476. The quantitative estimate of drug-likeness (QED) is 0.735. The van der Waals surface area contributed by atoms with Crippen molar-refractivity contribution in [1.82, 2.24) is 15.2 Å². The lowest BCUT2D eigenvalue weighted by atomic mass is 9.96. The van der Waals surface area contributed by atoms with Crippen LogP contribution in [-0.2, 0) is 11.3 Å². The third kappa shape index (κ3) is 4.58. The van der Waals surface area contributed by atoms with Crippen molar-refractivity contribution >= 4 is 27.7 Å². The van der Waals surface area contributed by atoms with Gasteiger partial charge in [0.05, 0.1) is 13.0 Å². The minimum atomic E-state index is -0.202. The van der Waals surface area contributed by atoms with E-state index in [1.165, 1.54) is 0 Å². The summed E-state index contributed by atoms with van der Waals surface area (Å²) in [7, 11) is 1.61. The Hall–Kier alpha value is -2.28. The second-order valence-electron chi connectivity index (χ2n) is 7.27. The Labute approximate surface area is 173 Å². The number of hydrogen-bond donors (Lipinski definition) is 2. The molecule has 6 nitrogen and oxygen atoms in total. The van der Waals surface area contributed by atoms with Gasteiger partial charge in [-0.05, 0) is 56.5 Å². The number of aryl methyl sites for hydroxylation is 2. The van der Waals surface area contributed by atoms with Crippen molar-refractivity contribution in [2.24, 2.45) is 5.92 Å². The predicted octanol–water partition coefficient (Wildman–Crippen LogP) is 3.57. The number of ether oxygens (including phenoxy) is 1. The van der Waals surface area contributed by atoms with Gasteiger partial charge in [-0.15, -0.1) is 0 Å². The first-order valence-corrected chi connectivity index (χ1v) is 10.2. The monoisotopic (exact) mass is 447 g/mol. The molecule has 0 bridgehead atoms. The summed E-state index contributed by atoms with van der Waals surface area (Å²) < 4.78 is 6.29. The van der Waals surface area contributed by atoms with Crippen molar-refractivity contribution < 1.29 is 14.3 Å². The smallest absolute Gasteiger partial charge is 0.270 e. The van der Waals surface area contributed by atoms with Crippen molar-refractivity contribution in [2.45, 2.75) is 33.2 Å². The van der Waals surface area contributed by atoms with Gasteiger partial charge in [0.1, 0.15) is 11.4 Å². The van der Waals surface area contributed by atoms with E-state index in [4.69, 9.17) is 4.74 Å². The molecule has 0 unspecified atom stereocenters. The number of piperidine rings is 1. The summed E-state index contributed by atoms with van der Waals surface area (Å²) in [5, 5.41) is 3.00.